The highest BCUT2D eigenvalue weighted by atomic mass is 16.7. The van der Waals surface area contributed by atoms with Crippen molar-refractivity contribution in [3.05, 3.63) is 0 Å². The first-order chi connectivity index (χ1) is 32.0. The minimum Gasteiger partial charge on any atom is -0.394 e. The van der Waals surface area contributed by atoms with E-state index in [2.05, 4.69) is 22.9 Å². The number of carbonyl (C=O) groups excluding carboxylic acids is 3. The molecule has 392 valence electrons. The van der Waals surface area contributed by atoms with Crippen LogP contribution in [0.15, 0.2) is 0 Å². The van der Waals surface area contributed by atoms with Gasteiger partial charge in [0.1, 0.15) is 73.1 Å². The fourth-order valence-corrected chi connectivity index (χ4v) is 8.23. The molecule has 15 atom stereocenters. The molecule has 3 rings (SSSR count). The van der Waals surface area contributed by atoms with Crippen molar-refractivity contribution in [2.24, 2.45) is 5.41 Å². The largest absolute Gasteiger partial charge is 0.394 e. The quantitative estimate of drug-likeness (QED) is 0.0303. The predicted molar refractivity (Wildman–Crippen MR) is 234 cm³/mol. The van der Waals surface area contributed by atoms with Gasteiger partial charge in [-0.2, -0.15) is 0 Å². The Hall–Kier alpha value is -2.27. The van der Waals surface area contributed by atoms with Crippen molar-refractivity contribution in [3.8, 4) is 0 Å². The Balaban J connectivity index is 1.43. The zero-order chi connectivity index (χ0) is 49.5. The first-order valence-corrected chi connectivity index (χ1v) is 23.7. The highest BCUT2D eigenvalue weighted by molar-refractivity contribution is 5.74. The number of ether oxygens (including phenoxy) is 8. The molecule has 3 saturated heterocycles. The van der Waals surface area contributed by atoms with Crippen LogP contribution >= 0.6 is 0 Å². The number of aliphatic hydroxyl groups is 9. The molecule has 3 aliphatic rings. The van der Waals surface area contributed by atoms with Gasteiger partial charge in [-0.3, -0.25) is 14.4 Å². The summed E-state index contributed by atoms with van der Waals surface area (Å²) >= 11 is 0. The van der Waals surface area contributed by atoms with Crippen molar-refractivity contribution >= 4 is 17.7 Å². The smallest absolute Gasteiger partial charge is 0.217 e. The molecule has 0 saturated carbocycles. The summed E-state index contributed by atoms with van der Waals surface area (Å²) in [6.07, 6.45) is -6.50. The van der Waals surface area contributed by atoms with E-state index in [9.17, 15) is 60.3 Å². The molecule has 0 radical (unpaired) electrons. The van der Waals surface area contributed by atoms with Crippen molar-refractivity contribution < 1.29 is 98.2 Å². The Morgan fingerprint density at radius 2 is 0.731 bits per heavy atom. The topological polar surface area (TPSA) is 343 Å². The van der Waals surface area contributed by atoms with Gasteiger partial charge >= 0.3 is 0 Å². The highest BCUT2D eigenvalue weighted by Gasteiger charge is 2.47. The van der Waals surface area contributed by atoms with Crippen molar-refractivity contribution in [3.63, 3.8) is 0 Å². The second-order valence-electron chi connectivity index (χ2n) is 18.1. The molecule has 3 fully saturated rings. The van der Waals surface area contributed by atoms with E-state index in [0.717, 1.165) is 51.4 Å². The summed E-state index contributed by atoms with van der Waals surface area (Å²) in [7, 11) is 0. The first kappa shape index (κ1) is 59.0. The molecular weight excluding hydrogens is 890 g/mol. The second-order valence-corrected chi connectivity index (χ2v) is 18.1. The lowest BCUT2D eigenvalue weighted by Gasteiger charge is -2.42. The zero-order valence-electron chi connectivity index (χ0n) is 39.5. The number of unbranched alkanes of at least 4 members (excludes halogenated alkanes) is 7. The van der Waals surface area contributed by atoms with Crippen LogP contribution in [0, 0.1) is 5.41 Å². The SMILES string of the molecule is CC(=O)NC1[C@H](OCCCCCCC(C)(COCCCCCO[C@@H]2OC(CO)[C@@H](O)[C@H](O)C2NC(C)=O)COCCCCCO[C@@H]2OC(CO)[C@@H](O)[C@H](O)C2NC(C)=O)OC(CO)[C@@H](O)[C@@H]1O. The fraction of sp³-hybridized carbons (Fsp3) is 0.932. The number of amides is 3. The van der Waals surface area contributed by atoms with Gasteiger partial charge in [0.2, 0.25) is 17.7 Å². The van der Waals surface area contributed by atoms with Crippen LogP contribution in [0.1, 0.15) is 98.3 Å². The minimum absolute atomic E-state index is 0.242. The van der Waals surface area contributed by atoms with E-state index in [1.807, 2.05) is 0 Å². The van der Waals surface area contributed by atoms with Gasteiger partial charge < -0.3 is 99.8 Å². The van der Waals surface area contributed by atoms with Gasteiger partial charge in [-0.05, 0) is 51.4 Å². The summed E-state index contributed by atoms with van der Waals surface area (Å²) in [5, 5.41) is 98.6. The molecule has 0 aromatic rings. The second kappa shape index (κ2) is 31.1. The van der Waals surface area contributed by atoms with Crippen LogP contribution in [0.3, 0.4) is 0 Å². The molecule has 3 aliphatic heterocycles. The van der Waals surface area contributed by atoms with Gasteiger partial charge in [0.25, 0.3) is 0 Å². The molecule has 6 unspecified atom stereocenters. The molecule has 0 bridgehead atoms. The molecular formula is C44H81N3O20. The van der Waals surface area contributed by atoms with E-state index >= 15 is 0 Å². The number of hydrogen-bond donors (Lipinski definition) is 12. The van der Waals surface area contributed by atoms with E-state index < -0.39 is 129 Å². The van der Waals surface area contributed by atoms with E-state index in [0.29, 0.717) is 45.7 Å². The zero-order valence-corrected chi connectivity index (χ0v) is 39.5. The number of aliphatic hydroxyl groups excluding tert-OH is 9. The van der Waals surface area contributed by atoms with Crippen LogP contribution in [-0.2, 0) is 52.3 Å². The van der Waals surface area contributed by atoms with Crippen molar-refractivity contribution in [2.75, 3.05) is 66.1 Å². The van der Waals surface area contributed by atoms with Crippen molar-refractivity contribution in [2.45, 2.75) is 190 Å². The van der Waals surface area contributed by atoms with E-state index in [4.69, 9.17) is 37.9 Å². The standard InChI is InChI=1S/C44H81N3O20/c1-26(51)45-32-38(57)35(54)29(21-48)65-41(32)62-18-12-6-5-9-15-44(4,24-60-16-10-7-13-19-63-42-33(46-27(2)52)39(58)36(55)30(22-49)66-42)25-61-17-11-8-14-20-64-43-34(47-28(3)53)40(59)37(56)31(23-50)67-43/h29-43,48-50,54-59H,5-25H2,1-4H3,(H,45,51)(H,46,52)(H,47,53)/t29?,30?,31?,32?,33?,34?,35-,36-,37-,38-,39-,40-,41-,42-,43-,44?/m1/s1. The van der Waals surface area contributed by atoms with Crippen LogP contribution in [0.5, 0.6) is 0 Å². The summed E-state index contributed by atoms with van der Waals surface area (Å²) in [5.74, 6) is -1.29. The van der Waals surface area contributed by atoms with Gasteiger partial charge in [0, 0.05) is 59.2 Å². The Morgan fingerprint density at radius 1 is 0.448 bits per heavy atom. The lowest BCUT2D eigenvalue weighted by atomic mass is 9.86. The monoisotopic (exact) mass is 972 g/mol. The van der Waals surface area contributed by atoms with E-state index in [1.165, 1.54) is 20.8 Å². The maximum absolute atomic E-state index is 11.7. The molecule has 23 nitrogen and oxygen atoms in total. The first-order valence-electron chi connectivity index (χ1n) is 23.7. The van der Waals surface area contributed by atoms with Gasteiger partial charge in [-0.1, -0.05) is 26.2 Å². The predicted octanol–water partition coefficient (Wildman–Crippen LogP) is -2.80. The Bertz CT molecular complexity index is 1340. The van der Waals surface area contributed by atoms with E-state index in [1.54, 1.807) is 0 Å². The van der Waals surface area contributed by atoms with E-state index in [-0.39, 0.29) is 25.2 Å². The molecule has 23 heteroatoms. The molecule has 3 heterocycles. The molecule has 67 heavy (non-hydrogen) atoms. The molecule has 3 amide bonds. The van der Waals surface area contributed by atoms with Crippen LogP contribution < -0.4 is 16.0 Å². The number of rotatable bonds is 32. The average Bonchev–Trinajstić information content (AvgIpc) is 3.28. The van der Waals surface area contributed by atoms with Crippen molar-refractivity contribution in [1.29, 1.82) is 0 Å². The number of carbonyl (C=O) groups is 3. The van der Waals surface area contributed by atoms with Crippen LogP contribution in [0.25, 0.3) is 0 Å². The maximum Gasteiger partial charge on any atom is 0.217 e. The van der Waals surface area contributed by atoms with Crippen molar-refractivity contribution in [1.82, 2.24) is 16.0 Å². The van der Waals surface area contributed by atoms with Gasteiger partial charge in [-0.25, -0.2) is 0 Å². The molecule has 0 aromatic heterocycles. The number of hydrogen-bond acceptors (Lipinski definition) is 20. The maximum atomic E-state index is 11.7. The molecule has 0 aromatic carbocycles. The molecule has 0 spiro atoms. The third-order valence-corrected chi connectivity index (χ3v) is 12.0. The third kappa shape index (κ3) is 19.8. The normalized spacial score (nSPS) is 33.2. The van der Waals surface area contributed by atoms with Crippen LogP contribution in [-0.4, -0.2) is 222 Å². The Kier molecular flexibility index (Phi) is 27.4. The van der Waals surface area contributed by atoms with Gasteiger partial charge in [0.15, 0.2) is 18.9 Å². The summed E-state index contributed by atoms with van der Waals surface area (Å²) in [6, 6.07) is -3.02. The lowest BCUT2D eigenvalue weighted by Crippen LogP contribution is -2.64. The van der Waals surface area contributed by atoms with Crippen LogP contribution in [0.4, 0.5) is 0 Å². The fourth-order valence-electron chi connectivity index (χ4n) is 8.23. The summed E-state index contributed by atoms with van der Waals surface area (Å²) in [5.41, 5.74) is -0.322. The number of nitrogens with one attached hydrogen (secondary N) is 3. The van der Waals surface area contributed by atoms with Gasteiger partial charge in [-0.15, -0.1) is 0 Å². The van der Waals surface area contributed by atoms with Gasteiger partial charge in [0.05, 0.1) is 33.0 Å². The summed E-state index contributed by atoms with van der Waals surface area (Å²) in [4.78, 5) is 35.2. The summed E-state index contributed by atoms with van der Waals surface area (Å²) < 4.78 is 46.7. The highest BCUT2D eigenvalue weighted by Crippen LogP contribution is 2.28. The lowest BCUT2D eigenvalue weighted by molar-refractivity contribution is -0.270. The molecule has 0 aliphatic carbocycles. The third-order valence-electron chi connectivity index (χ3n) is 12.0. The Labute approximate surface area is 393 Å². The average molecular weight is 972 g/mol. The Morgan fingerprint density at radius 3 is 1.03 bits per heavy atom. The molecule has 12 N–H and O–H groups in total. The van der Waals surface area contributed by atoms with Crippen LogP contribution in [0.2, 0.25) is 0 Å². The minimum atomic E-state index is -1.39. The summed E-state index contributed by atoms with van der Waals surface area (Å²) in [6.45, 7) is 6.93.